The Morgan fingerprint density at radius 2 is 1.77 bits per heavy atom. The highest BCUT2D eigenvalue weighted by atomic mass is 32.2. The summed E-state index contributed by atoms with van der Waals surface area (Å²) in [6.07, 6.45) is 2.69. The molecular formula is C31H41N7O4S. The lowest BCUT2D eigenvalue weighted by Gasteiger charge is -2.35. The van der Waals surface area contributed by atoms with Crippen LogP contribution in [0.3, 0.4) is 0 Å². The van der Waals surface area contributed by atoms with Crippen molar-refractivity contribution >= 4 is 51.2 Å². The summed E-state index contributed by atoms with van der Waals surface area (Å²) < 4.78 is 16.2. The van der Waals surface area contributed by atoms with Crippen LogP contribution in [0, 0.1) is 13.8 Å². The van der Waals surface area contributed by atoms with Crippen LogP contribution < -0.4 is 25.4 Å². The number of fused-ring (bicyclic) bond motifs is 1. The Labute approximate surface area is 257 Å². The van der Waals surface area contributed by atoms with E-state index in [0.717, 1.165) is 24.6 Å². The van der Waals surface area contributed by atoms with Crippen molar-refractivity contribution in [1.29, 1.82) is 0 Å². The third-order valence-corrected chi connectivity index (χ3v) is 8.81. The molecule has 6 rings (SSSR count). The van der Waals surface area contributed by atoms with E-state index >= 15 is 0 Å². The first-order valence-corrected chi connectivity index (χ1v) is 15.7. The normalized spacial score (nSPS) is 18.5. The molecule has 2 fully saturated rings. The first kappa shape index (κ1) is 30.7. The van der Waals surface area contributed by atoms with Crippen LogP contribution in [0.2, 0.25) is 0 Å². The highest BCUT2D eigenvalue weighted by molar-refractivity contribution is 8.14. The van der Waals surface area contributed by atoms with Gasteiger partial charge in [0.25, 0.3) is 5.91 Å². The van der Waals surface area contributed by atoms with Gasteiger partial charge in [0.15, 0.2) is 16.7 Å². The van der Waals surface area contributed by atoms with E-state index in [0.29, 0.717) is 67.0 Å². The molecule has 1 amide bonds. The average molecular weight is 608 g/mol. The minimum absolute atomic E-state index is 0.0907. The molecule has 1 aromatic heterocycles. The molecule has 0 saturated carbocycles. The van der Waals surface area contributed by atoms with Crippen LogP contribution in [0.1, 0.15) is 30.4 Å². The van der Waals surface area contributed by atoms with Gasteiger partial charge in [-0.25, -0.2) is 4.98 Å². The van der Waals surface area contributed by atoms with E-state index in [1.807, 2.05) is 21.6 Å². The van der Waals surface area contributed by atoms with E-state index in [1.165, 1.54) is 29.0 Å². The monoisotopic (exact) mass is 607 g/mol. The van der Waals surface area contributed by atoms with Crippen molar-refractivity contribution < 1.29 is 19.0 Å². The van der Waals surface area contributed by atoms with Crippen molar-refractivity contribution in [3.8, 4) is 11.5 Å². The number of nitrogens with two attached hydrogens (primary N) is 1. The second-order valence-electron chi connectivity index (χ2n) is 10.7. The number of hydrogen-bond donors (Lipinski definition) is 2. The Morgan fingerprint density at radius 1 is 1.05 bits per heavy atom. The molecule has 3 aliphatic rings. The minimum atomic E-state index is -0.276. The number of nitrogen functional groups attached to an aromatic ring is 1. The quantitative estimate of drug-likeness (QED) is 0.434. The number of carbonyl (C=O) groups excluding carboxylic acids is 1. The number of ether oxygens (including phenoxy) is 3. The zero-order valence-electron chi connectivity index (χ0n) is 25.4. The van der Waals surface area contributed by atoms with Crippen LogP contribution >= 0.6 is 11.8 Å². The number of anilines is 3. The molecule has 0 spiro atoms. The highest BCUT2D eigenvalue weighted by Crippen LogP contribution is 2.34. The first-order chi connectivity index (χ1) is 20.9. The third kappa shape index (κ3) is 7.24. The Kier molecular flexibility index (Phi) is 10.1. The number of methoxy groups -OCH3 is 2. The lowest BCUT2D eigenvalue weighted by Crippen LogP contribution is -2.51. The van der Waals surface area contributed by atoms with Crippen LogP contribution in [0.5, 0.6) is 11.5 Å². The van der Waals surface area contributed by atoms with Gasteiger partial charge in [0.2, 0.25) is 5.95 Å². The number of aromatic nitrogens is 2. The number of aliphatic imine (C=N–C) groups is 1. The number of carbonyl (C=O) groups is 1. The molecule has 2 saturated heterocycles. The summed E-state index contributed by atoms with van der Waals surface area (Å²) in [6.45, 7) is 8.42. The molecular weight excluding hydrogens is 566 g/mol. The van der Waals surface area contributed by atoms with E-state index in [9.17, 15) is 4.79 Å². The average Bonchev–Trinajstić information content (AvgIpc) is 3.58. The molecule has 11 nitrogen and oxygen atoms in total. The zero-order valence-corrected chi connectivity index (χ0v) is 26.2. The minimum Gasteiger partial charge on any atom is -0.493 e. The lowest BCUT2D eigenvalue weighted by atomic mass is 10.1. The maximum Gasteiger partial charge on any atom is 0.251 e. The number of piperazine rings is 1. The lowest BCUT2D eigenvalue weighted by molar-refractivity contribution is -0.141. The molecule has 0 radical (unpaired) electrons. The number of aryl methyl sites for hydroxylation is 2. The number of hydrogen-bond acceptors (Lipinski definition) is 11. The number of nitrogens with one attached hydrogen (secondary N) is 1. The first-order valence-electron chi connectivity index (χ1n) is 14.7. The fourth-order valence-electron chi connectivity index (χ4n) is 5.36. The molecule has 3 aliphatic heterocycles. The number of para-hydroxylation sites is 1. The molecule has 3 aromatic rings. The van der Waals surface area contributed by atoms with Gasteiger partial charge in [-0.05, 0) is 50.3 Å². The molecule has 230 valence electrons. The van der Waals surface area contributed by atoms with Gasteiger partial charge in [-0.15, -0.1) is 0 Å². The van der Waals surface area contributed by atoms with Crippen LogP contribution in [0.4, 0.5) is 17.5 Å². The smallest absolute Gasteiger partial charge is 0.251 e. The Morgan fingerprint density at radius 3 is 2.40 bits per heavy atom. The molecule has 3 N–H and O–H groups in total. The van der Waals surface area contributed by atoms with Crippen LogP contribution in [-0.2, 0) is 9.53 Å². The summed E-state index contributed by atoms with van der Waals surface area (Å²) in [6, 6.07) is 9.93. The van der Waals surface area contributed by atoms with E-state index in [-0.39, 0.29) is 12.0 Å². The Bertz CT molecular complexity index is 1450. The SMILES string of the molecule is COc1cc2nc(N3CCN(C(=O)C4CCCO4)CC3)nc(N)c2cc1OC.Cc1cccc(C)c1NC1=NCCCS1. The number of thioether (sulfide) groups is 1. The van der Waals surface area contributed by atoms with Crippen molar-refractivity contribution in [2.75, 3.05) is 75.3 Å². The standard InChI is InChI=1S/C19H25N5O4.C12H16N2S/c1-26-15-10-12-13(11-16(15)27-2)21-19(22-17(12)20)24-7-5-23(6-8-24)18(25)14-4-3-9-28-14;1-9-5-3-6-10(2)11(9)14-12-13-7-4-8-15-12/h10-11,14H,3-9H2,1-2H3,(H2,20,21,22);3,5-6H,4,7-8H2,1-2H3,(H,13,14). The molecule has 0 bridgehead atoms. The van der Waals surface area contributed by atoms with Gasteiger partial charge in [0, 0.05) is 62.2 Å². The molecule has 1 atom stereocenters. The number of amides is 1. The fourth-order valence-corrected chi connectivity index (χ4v) is 6.19. The van der Waals surface area contributed by atoms with Crippen LogP contribution in [0.25, 0.3) is 10.9 Å². The maximum atomic E-state index is 12.5. The van der Waals surface area contributed by atoms with Crippen LogP contribution in [-0.4, -0.2) is 91.3 Å². The predicted molar refractivity (Wildman–Crippen MR) is 174 cm³/mol. The zero-order chi connectivity index (χ0) is 30.3. The van der Waals surface area contributed by atoms with Gasteiger partial charge in [0.1, 0.15) is 11.9 Å². The molecule has 2 aromatic carbocycles. The summed E-state index contributed by atoms with van der Waals surface area (Å²) >= 11 is 1.81. The number of nitrogens with zero attached hydrogens (tertiary/aromatic N) is 5. The summed E-state index contributed by atoms with van der Waals surface area (Å²) in [7, 11) is 3.16. The molecule has 43 heavy (non-hydrogen) atoms. The summed E-state index contributed by atoms with van der Waals surface area (Å²) in [5, 5.41) is 5.21. The largest absolute Gasteiger partial charge is 0.493 e. The topological polar surface area (TPSA) is 127 Å². The van der Waals surface area contributed by atoms with Crippen LogP contribution in [0.15, 0.2) is 35.3 Å². The van der Waals surface area contributed by atoms with E-state index in [4.69, 9.17) is 19.9 Å². The Hall–Kier alpha value is -3.77. The van der Waals surface area contributed by atoms with Gasteiger partial charge >= 0.3 is 0 Å². The molecule has 4 heterocycles. The van der Waals surface area contributed by atoms with Crippen molar-refractivity contribution in [1.82, 2.24) is 14.9 Å². The van der Waals surface area contributed by atoms with E-state index in [1.54, 1.807) is 26.4 Å². The second-order valence-corrected chi connectivity index (χ2v) is 11.8. The number of rotatable bonds is 5. The summed E-state index contributed by atoms with van der Waals surface area (Å²) in [5.41, 5.74) is 10.7. The third-order valence-electron chi connectivity index (χ3n) is 7.81. The highest BCUT2D eigenvalue weighted by Gasteiger charge is 2.31. The second kappa shape index (κ2) is 14.1. The molecule has 1 unspecified atom stereocenters. The van der Waals surface area contributed by atoms with Crippen molar-refractivity contribution in [3.63, 3.8) is 0 Å². The molecule has 12 heteroatoms. The number of amidine groups is 1. The van der Waals surface area contributed by atoms with Gasteiger partial charge in [-0.3, -0.25) is 9.79 Å². The summed E-state index contributed by atoms with van der Waals surface area (Å²) in [4.78, 5) is 30.0. The van der Waals surface area contributed by atoms with Crippen molar-refractivity contribution in [3.05, 3.63) is 41.5 Å². The van der Waals surface area contributed by atoms with Gasteiger partial charge in [0.05, 0.1) is 19.7 Å². The van der Waals surface area contributed by atoms with Gasteiger partial charge in [-0.1, -0.05) is 30.0 Å². The van der Waals surface area contributed by atoms with E-state index < -0.39 is 0 Å². The maximum absolute atomic E-state index is 12.5. The van der Waals surface area contributed by atoms with Gasteiger partial charge < -0.3 is 35.1 Å². The predicted octanol–water partition coefficient (Wildman–Crippen LogP) is 4.27. The van der Waals surface area contributed by atoms with E-state index in [2.05, 4.69) is 52.3 Å². The van der Waals surface area contributed by atoms with Crippen molar-refractivity contribution in [2.24, 2.45) is 4.99 Å². The molecule has 0 aliphatic carbocycles. The van der Waals surface area contributed by atoms with Gasteiger partial charge in [-0.2, -0.15) is 4.98 Å². The fraction of sp³-hybridized carbons (Fsp3) is 0.484. The number of benzene rings is 2. The summed E-state index contributed by atoms with van der Waals surface area (Å²) in [5.74, 6) is 3.38. The van der Waals surface area contributed by atoms with Crippen molar-refractivity contribution in [2.45, 2.75) is 39.2 Å². The Balaban J connectivity index is 0.000000207.